The normalized spacial score (nSPS) is 10.4. The molecule has 0 spiro atoms. The Bertz CT molecular complexity index is 551. The van der Waals surface area contributed by atoms with Crippen LogP contribution in [0.5, 0.6) is 0 Å². The lowest BCUT2D eigenvalue weighted by Gasteiger charge is -2.05. The van der Waals surface area contributed by atoms with E-state index in [2.05, 4.69) is 15.9 Å². The van der Waals surface area contributed by atoms with Crippen molar-refractivity contribution in [1.29, 1.82) is 0 Å². The molecule has 1 aromatic carbocycles. The van der Waals surface area contributed by atoms with Crippen molar-refractivity contribution >= 4 is 33.5 Å². The second kappa shape index (κ2) is 4.31. The molecule has 5 heteroatoms. The molecule has 0 aliphatic carbocycles. The van der Waals surface area contributed by atoms with Crippen molar-refractivity contribution in [3.63, 3.8) is 0 Å². The van der Waals surface area contributed by atoms with Gasteiger partial charge in [0, 0.05) is 21.4 Å². The molecule has 0 aliphatic heterocycles. The first-order valence-electron chi connectivity index (χ1n) is 4.45. The van der Waals surface area contributed by atoms with Crippen molar-refractivity contribution in [2.45, 2.75) is 0 Å². The molecule has 0 saturated carbocycles. The van der Waals surface area contributed by atoms with Crippen LogP contribution in [0.15, 0.2) is 41.0 Å². The number of halogens is 2. The molecule has 0 bridgehead atoms. The lowest BCUT2D eigenvalue weighted by molar-refractivity contribution is 0.0688. The van der Waals surface area contributed by atoms with Crippen LogP contribution in [-0.4, -0.2) is 15.6 Å². The van der Waals surface area contributed by atoms with Crippen molar-refractivity contribution in [2.24, 2.45) is 0 Å². The minimum absolute atomic E-state index is 0.189. The number of rotatable bonds is 2. The van der Waals surface area contributed by atoms with Crippen molar-refractivity contribution in [2.75, 3.05) is 0 Å². The number of hydrogen-bond donors (Lipinski definition) is 1. The fraction of sp³-hybridized carbons (Fsp3) is 0. The van der Waals surface area contributed by atoms with E-state index in [-0.39, 0.29) is 5.69 Å². The van der Waals surface area contributed by atoms with Crippen LogP contribution in [-0.2, 0) is 0 Å². The molecule has 0 atom stereocenters. The van der Waals surface area contributed by atoms with Gasteiger partial charge in [0.2, 0.25) is 0 Å². The molecule has 0 unspecified atom stereocenters. The number of carboxylic acids is 1. The van der Waals surface area contributed by atoms with Crippen LogP contribution in [0.25, 0.3) is 5.69 Å². The van der Waals surface area contributed by atoms with Crippen LogP contribution in [0.4, 0.5) is 0 Å². The lowest BCUT2D eigenvalue weighted by Crippen LogP contribution is -2.05. The highest BCUT2D eigenvalue weighted by atomic mass is 79.9. The summed E-state index contributed by atoms with van der Waals surface area (Å²) in [5.41, 5.74) is 0.907. The van der Waals surface area contributed by atoms with Gasteiger partial charge in [-0.1, -0.05) is 17.7 Å². The number of hydrogen-bond acceptors (Lipinski definition) is 1. The second-order valence-electron chi connectivity index (χ2n) is 3.20. The first-order chi connectivity index (χ1) is 7.58. The van der Waals surface area contributed by atoms with Gasteiger partial charge < -0.3 is 9.67 Å². The van der Waals surface area contributed by atoms with Crippen LogP contribution in [0, 0.1) is 0 Å². The zero-order valence-electron chi connectivity index (χ0n) is 8.02. The van der Waals surface area contributed by atoms with E-state index < -0.39 is 5.97 Å². The van der Waals surface area contributed by atoms with Crippen LogP contribution < -0.4 is 0 Å². The van der Waals surface area contributed by atoms with E-state index in [0.717, 1.165) is 5.69 Å². The van der Waals surface area contributed by atoms with E-state index in [9.17, 15) is 4.79 Å². The van der Waals surface area contributed by atoms with Gasteiger partial charge in [-0.25, -0.2) is 4.79 Å². The molecule has 3 nitrogen and oxygen atoms in total. The third-order valence-corrected chi connectivity index (χ3v) is 2.76. The highest BCUT2D eigenvalue weighted by molar-refractivity contribution is 9.10. The minimum atomic E-state index is -0.981. The zero-order valence-corrected chi connectivity index (χ0v) is 10.4. The summed E-state index contributed by atoms with van der Waals surface area (Å²) in [5, 5.41) is 9.60. The minimum Gasteiger partial charge on any atom is -0.477 e. The Morgan fingerprint density at radius 3 is 2.75 bits per heavy atom. The molecule has 0 amide bonds. The van der Waals surface area contributed by atoms with Crippen LogP contribution in [0.3, 0.4) is 0 Å². The number of nitrogens with zero attached hydrogens (tertiary/aromatic N) is 1. The Morgan fingerprint density at radius 2 is 2.12 bits per heavy atom. The van der Waals surface area contributed by atoms with Gasteiger partial charge in [0.05, 0.1) is 0 Å². The lowest BCUT2D eigenvalue weighted by atomic mass is 10.3. The molecule has 16 heavy (non-hydrogen) atoms. The summed E-state index contributed by atoms with van der Waals surface area (Å²) in [5.74, 6) is -0.981. The van der Waals surface area contributed by atoms with E-state index in [1.54, 1.807) is 41.1 Å². The average molecular weight is 301 g/mol. The Kier molecular flexibility index (Phi) is 3.03. The number of aromatic nitrogens is 1. The summed E-state index contributed by atoms with van der Waals surface area (Å²) < 4.78 is 2.28. The zero-order chi connectivity index (χ0) is 11.7. The Morgan fingerprint density at radius 1 is 1.38 bits per heavy atom. The summed E-state index contributed by atoms with van der Waals surface area (Å²) in [6.07, 6.45) is 1.69. The summed E-state index contributed by atoms with van der Waals surface area (Å²) in [6, 6.07) is 8.57. The van der Waals surface area contributed by atoms with Crippen LogP contribution >= 0.6 is 27.5 Å². The summed E-state index contributed by atoms with van der Waals surface area (Å²) in [7, 11) is 0. The molecule has 0 aliphatic rings. The predicted molar refractivity (Wildman–Crippen MR) is 65.4 cm³/mol. The van der Waals surface area contributed by atoms with Gasteiger partial charge in [-0.15, -0.1) is 0 Å². The first kappa shape index (κ1) is 11.2. The molecular formula is C11H7BrClNO2. The number of benzene rings is 1. The molecule has 1 aromatic heterocycles. The molecule has 2 aromatic rings. The van der Waals surface area contributed by atoms with E-state index in [4.69, 9.17) is 16.7 Å². The molecule has 82 valence electrons. The third kappa shape index (κ3) is 2.13. The average Bonchev–Trinajstić information content (AvgIpc) is 2.60. The smallest absolute Gasteiger partial charge is 0.352 e. The maximum atomic E-state index is 11.0. The van der Waals surface area contributed by atoms with Crippen molar-refractivity contribution < 1.29 is 9.90 Å². The molecule has 1 N–H and O–H groups in total. The molecular weight excluding hydrogens is 293 g/mol. The first-order valence-corrected chi connectivity index (χ1v) is 5.62. The summed E-state index contributed by atoms with van der Waals surface area (Å²) in [4.78, 5) is 11.0. The fourth-order valence-corrected chi connectivity index (χ4v) is 2.04. The van der Waals surface area contributed by atoms with Crippen molar-refractivity contribution in [3.05, 3.63) is 51.7 Å². The second-order valence-corrected chi connectivity index (χ2v) is 4.55. The topological polar surface area (TPSA) is 42.2 Å². The predicted octanol–water partition coefficient (Wildman–Crippen LogP) is 3.59. The van der Waals surface area contributed by atoms with E-state index in [1.807, 2.05) is 0 Å². The van der Waals surface area contributed by atoms with Gasteiger partial charge in [-0.2, -0.15) is 0 Å². The van der Waals surface area contributed by atoms with E-state index in [0.29, 0.717) is 9.50 Å². The SMILES string of the molecule is O=C(O)c1cc(Br)cn1-c1cccc(Cl)c1. The van der Waals surface area contributed by atoms with Gasteiger partial charge in [-0.05, 0) is 40.2 Å². The van der Waals surface area contributed by atoms with Gasteiger partial charge in [0.15, 0.2) is 0 Å². The highest BCUT2D eigenvalue weighted by Crippen LogP contribution is 2.22. The van der Waals surface area contributed by atoms with Crippen LogP contribution in [0.2, 0.25) is 5.02 Å². The number of aromatic carboxylic acids is 1. The standard InChI is InChI=1S/C11H7BrClNO2/c12-7-4-10(11(15)16)14(6-7)9-3-1-2-8(13)5-9/h1-6H,(H,15,16). The number of carbonyl (C=O) groups is 1. The van der Waals surface area contributed by atoms with E-state index >= 15 is 0 Å². The maximum Gasteiger partial charge on any atom is 0.352 e. The van der Waals surface area contributed by atoms with Crippen LogP contribution in [0.1, 0.15) is 10.5 Å². The van der Waals surface area contributed by atoms with Crippen molar-refractivity contribution in [1.82, 2.24) is 4.57 Å². The monoisotopic (exact) mass is 299 g/mol. The molecule has 1 heterocycles. The molecule has 0 fully saturated rings. The van der Waals surface area contributed by atoms with Gasteiger partial charge in [-0.3, -0.25) is 0 Å². The molecule has 0 radical (unpaired) electrons. The Balaban J connectivity index is 2.59. The maximum absolute atomic E-state index is 11.0. The van der Waals surface area contributed by atoms with Crippen molar-refractivity contribution in [3.8, 4) is 5.69 Å². The highest BCUT2D eigenvalue weighted by Gasteiger charge is 2.12. The fourth-order valence-electron chi connectivity index (χ4n) is 1.43. The summed E-state index contributed by atoms with van der Waals surface area (Å²) >= 11 is 9.11. The molecule has 0 saturated heterocycles. The van der Waals surface area contributed by atoms with Gasteiger partial charge >= 0.3 is 5.97 Å². The van der Waals surface area contributed by atoms with E-state index in [1.165, 1.54) is 0 Å². The molecule has 2 rings (SSSR count). The van der Waals surface area contributed by atoms with Gasteiger partial charge in [0.25, 0.3) is 0 Å². The summed E-state index contributed by atoms with van der Waals surface area (Å²) in [6.45, 7) is 0. The third-order valence-electron chi connectivity index (χ3n) is 2.09. The Hall–Kier alpha value is -1.26. The van der Waals surface area contributed by atoms with Gasteiger partial charge in [0.1, 0.15) is 5.69 Å². The Labute approximate surface area is 105 Å². The quantitative estimate of drug-likeness (QED) is 0.921. The largest absolute Gasteiger partial charge is 0.477 e. The number of carboxylic acid groups (broad SMARTS) is 1.